The smallest absolute Gasteiger partial charge is 0.0940 e. The van der Waals surface area contributed by atoms with Crippen LogP contribution >= 0.6 is 0 Å². The summed E-state index contributed by atoms with van der Waals surface area (Å²) in [6.45, 7) is 5.59. The molecule has 9 heavy (non-hydrogen) atoms. The van der Waals surface area contributed by atoms with Gasteiger partial charge in [0.05, 0.1) is 6.73 Å². The zero-order valence-corrected chi connectivity index (χ0v) is 6.39. The van der Waals surface area contributed by atoms with Crippen molar-refractivity contribution >= 4 is 0 Å². The first-order valence-electron chi connectivity index (χ1n) is 3.55. The Bertz CT molecular complexity index is 54.9. The summed E-state index contributed by atoms with van der Waals surface area (Å²) in [5.41, 5.74) is 5.12. The molecule has 0 saturated heterocycles. The molecule has 0 bridgehead atoms. The van der Waals surface area contributed by atoms with Gasteiger partial charge in [0.25, 0.3) is 0 Å². The molecule has 0 aliphatic heterocycles. The minimum Gasteiger partial charge on any atom is -0.367 e. The van der Waals surface area contributed by atoms with E-state index in [1.807, 2.05) is 0 Å². The maximum atomic E-state index is 5.12. The molecule has 0 aromatic carbocycles. The lowest BCUT2D eigenvalue weighted by atomic mass is 10.1. The second kappa shape index (κ2) is 6.05. The fraction of sp³-hybridized carbons (Fsp3) is 1.00. The molecule has 0 unspecified atom stereocenters. The summed E-state index contributed by atoms with van der Waals surface area (Å²) in [5, 5.41) is 0. The highest BCUT2D eigenvalue weighted by atomic mass is 16.5. The standard InChI is InChI=1S/C7H17NO/c1-7(2)4-3-5-9-6-8/h7H,3-6,8H2,1-2H3. The van der Waals surface area contributed by atoms with Crippen LogP contribution in [-0.4, -0.2) is 13.3 Å². The van der Waals surface area contributed by atoms with Crippen molar-refractivity contribution in [1.82, 2.24) is 0 Å². The van der Waals surface area contributed by atoms with Gasteiger partial charge in [-0.3, -0.25) is 0 Å². The third-order valence-corrected chi connectivity index (χ3v) is 1.19. The summed E-state index contributed by atoms with van der Waals surface area (Å²) in [4.78, 5) is 0. The molecule has 0 heterocycles. The summed E-state index contributed by atoms with van der Waals surface area (Å²) in [6.07, 6.45) is 2.37. The molecule has 0 aliphatic rings. The van der Waals surface area contributed by atoms with Gasteiger partial charge in [-0.15, -0.1) is 0 Å². The Kier molecular flexibility index (Phi) is 5.99. The average molecular weight is 131 g/mol. The first kappa shape index (κ1) is 8.92. The van der Waals surface area contributed by atoms with Gasteiger partial charge < -0.3 is 10.5 Å². The van der Waals surface area contributed by atoms with Crippen LogP contribution in [0.4, 0.5) is 0 Å². The number of hydrogen-bond donors (Lipinski definition) is 1. The molecule has 0 aromatic heterocycles. The highest BCUT2D eigenvalue weighted by Gasteiger charge is 1.91. The van der Waals surface area contributed by atoms with Gasteiger partial charge in [-0.1, -0.05) is 13.8 Å². The Hall–Kier alpha value is -0.0800. The molecule has 0 atom stereocenters. The number of ether oxygens (including phenoxy) is 1. The van der Waals surface area contributed by atoms with Gasteiger partial charge in [0.1, 0.15) is 0 Å². The van der Waals surface area contributed by atoms with Crippen LogP contribution in [0.1, 0.15) is 26.7 Å². The maximum absolute atomic E-state index is 5.12. The fourth-order valence-electron chi connectivity index (χ4n) is 0.677. The molecule has 56 valence electrons. The lowest BCUT2D eigenvalue weighted by Gasteiger charge is -2.02. The predicted molar refractivity (Wildman–Crippen MR) is 39.1 cm³/mol. The van der Waals surface area contributed by atoms with Crippen molar-refractivity contribution in [2.45, 2.75) is 26.7 Å². The Labute approximate surface area is 57.4 Å². The van der Waals surface area contributed by atoms with Crippen LogP contribution in [0.2, 0.25) is 0 Å². The van der Waals surface area contributed by atoms with E-state index >= 15 is 0 Å². The second-order valence-corrected chi connectivity index (χ2v) is 2.61. The minimum atomic E-state index is 0.359. The lowest BCUT2D eigenvalue weighted by Crippen LogP contribution is -2.06. The predicted octanol–water partition coefficient (Wildman–Crippen LogP) is 1.36. The minimum absolute atomic E-state index is 0.359. The SMILES string of the molecule is CC(C)CCCOCN. The van der Waals surface area contributed by atoms with Crippen molar-refractivity contribution in [3.63, 3.8) is 0 Å². The zero-order valence-electron chi connectivity index (χ0n) is 6.39. The molecule has 0 saturated carbocycles. The van der Waals surface area contributed by atoms with Crippen molar-refractivity contribution in [2.75, 3.05) is 13.3 Å². The van der Waals surface area contributed by atoms with Crippen molar-refractivity contribution < 1.29 is 4.74 Å². The Morgan fingerprint density at radius 3 is 2.56 bits per heavy atom. The van der Waals surface area contributed by atoms with Gasteiger partial charge >= 0.3 is 0 Å². The highest BCUT2D eigenvalue weighted by Crippen LogP contribution is 2.02. The monoisotopic (exact) mass is 131 g/mol. The van der Waals surface area contributed by atoms with Gasteiger partial charge in [-0.25, -0.2) is 0 Å². The first-order valence-corrected chi connectivity index (χ1v) is 3.55. The molecule has 2 heteroatoms. The summed E-state index contributed by atoms with van der Waals surface area (Å²) < 4.78 is 4.96. The van der Waals surface area contributed by atoms with Crippen LogP contribution in [0.25, 0.3) is 0 Å². The number of rotatable bonds is 5. The molecule has 0 spiro atoms. The maximum Gasteiger partial charge on any atom is 0.0940 e. The van der Waals surface area contributed by atoms with Crippen LogP contribution in [0, 0.1) is 5.92 Å². The molecule has 0 fully saturated rings. The molecular formula is C7H17NO. The van der Waals surface area contributed by atoms with Crippen molar-refractivity contribution in [3.05, 3.63) is 0 Å². The Balaban J connectivity index is 2.75. The summed E-state index contributed by atoms with van der Waals surface area (Å²) >= 11 is 0. The van der Waals surface area contributed by atoms with Crippen LogP contribution in [0.5, 0.6) is 0 Å². The van der Waals surface area contributed by atoms with Gasteiger partial charge in [0.2, 0.25) is 0 Å². The van der Waals surface area contributed by atoms with E-state index < -0.39 is 0 Å². The molecule has 0 aliphatic carbocycles. The van der Waals surface area contributed by atoms with Crippen molar-refractivity contribution in [1.29, 1.82) is 0 Å². The van der Waals surface area contributed by atoms with Crippen LogP contribution in [-0.2, 0) is 4.74 Å². The molecule has 0 radical (unpaired) electrons. The fourth-order valence-corrected chi connectivity index (χ4v) is 0.677. The van der Waals surface area contributed by atoms with E-state index in [1.165, 1.54) is 6.42 Å². The van der Waals surface area contributed by atoms with Crippen LogP contribution < -0.4 is 5.73 Å². The zero-order chi connectivity index (χ0) is 7.11. The quantitative estimate of drug-likeness (QED) is 0.451. The summed E-state index contributed by atoms with van der Waals surface area (Å²) in [7, 11) is 0. The van der Waals surface area contributed by atoms with Gasteiger partial charge in [-0.05, 0) is 18.8 Å². The first-order chi connectivity index (χ1) is 4.27. The van der Waals surface area contributed by atoms with E-state index in [0.29, 0.717) is 6.73 Å². The molecule has 2 nitrogen and oxygen atoms in total. The largest absolute Gasteiger partial charge is 0.367 e. The van der Waals surface area contributed by atoms with Crippen molar-refractivity contribution in [2.24, 2.45) is 11.7 Å². The molecule has 0 aromatic rings. The number of nitrogens with two attached hydrogens (primary N) is 1. The highest BCUT2D eigenvalue weighted by molar-refractivity contribution is 4.43. The third kappa shape index (κ3) is 7.92. The van der Waals surface area contributed by atoms with Gasteiger partial charge in [-0.2, -0.15) is 0 Å². The third-order valence-electron chi connectivity index (χ3n) is 1.19. The molecule has 2 N–H and O–H groups in total. The van der Waals surface area contributed by atoms with E-state index in [4.69, 9.17) is 10.5 Å². The van der Waals surface area contributed by atoms with Crippen LogP contribution in [0.3, 0.4) is 0 Å². The summed E-state index contributed by atoms with van der Waals surface area (Å²) in [6, 6.07) is 0. The van der Waals surface area contributed by atoms with E-state index in [0.717, 1.165) is 18.9 Å². The summed E-state index contributed by atoms with van der Waals surface area (Å²) in [5.74, 6) is 0.784. The normalized spacial score (nSPS) is 10.7. The van der Waals surface area contributed by atoms with E-state index in [-0.39, 0.29) is 0 Å². The molecule has 0 amide bonds. The Morgan fingerprint density at radius 2 is 2.11 bits per heavy atom. The van der Waals surface area contributed by atoms with Gasteiger partial charge in [0, 0.05) is 6.61 Å². The lowest BCUT2D eigenvalue weighted by molar-refractivity contribution is 0.134. The molecule has 0 rings (SSSR count). The van der Waals surface area contributed by atoms with E-state index in [9.17, 15) is 0 Å². The van der Waals surface area contributed by atoms with Crippen molar-refractivity contribution in [3.8, 4) is 0 Å². The molecular weight excluding hydrogens is 114 g/mol. The van der Waals surface area contributed by atoms with E-state index in [1.54, 1.807) is 0 Å². The topological polar surface area (TPSA) is 35.2 Å². The Morgan fingerprint density at radius 1 is 1.44 bits per heavy atom. The number of hydrogen-bond acceptors (Lipinski definition) is 2. The average Bonchev–Trinajstić information content (AvgIpc) is 1.80. The second-order valence-electron chi connectivity index (χ2n) is 2.61. The van der Waals surface area contributed by atoms with Gasteiger partial charge in [0.15, 0.2) is 0 Å². The van der Waals surface area contributed by atoms with Crippen LogP contribution in [0.15, 0.2) is 0 Å². The van der Waals surface area contributed by atoms with E-state index in [2.05, 4.69) is 13.8 Å².